The van der Waals surface area contributed by atoms with Crippen molar-refractivity contribution in [2.75, 3.05) is 33.8 Å². The number of aliphatic hydroxyl groups is 1. The first-order chi connectivity index (χ1) is 14.6. The largest absolute Gasteiger partial charge is 0.481 e. The summed E-state index contributed by atoms with van der Waals surface area (Å²) < 4.78 is 0. The lowest BCUT2D eigenvalue weighted by atomic mass is 10.1. The molecule has 0 fully saturated rings. The predicted octanol–water partition coefficient (Wildman–Crippen LogP) is 2.99. The van der Waals surface area contributed by atoms with Crippen molar-refractivity contribution in [2.24, 2.45) is 0 Å². The topological polar surface area (TPSA) is 98.2 Å². The highest BCUT2D eigenvalue weighted by Gasteiger charge is 2.12. The number of carbonyl (C=O) groups is 3. The van der Waals surface area contributed by atoms with Gasteiger partial charge in [-0.05, 0) is 44.5 Å². The highest BCUT2D eigenvalue weighted by molar-refractivity contribution is 5.94. The van der Waals surface area contributed by atoms with E-state index in [1.807, 2.05) is 50.2 Å². The molecule has 2 aromatic carbocycles. The first-order valence-corrected chi connectivity index (χ1v) is 10.1. The van der Waals surface area contributed by atoms with Gasteiger partial charge in [0, 0.05) is 44.9 Å². The van der Waals surface area contributed by atoms with Gasteiger partial charge in [-0.15, -0.1) is 0 Å². The third kappa shape index (κ3) is 9.44. The Balaban J connectivity index is 0.000000311. The zero-order valence-electron chi connectivity index (χ0n) is 18.7. The Morgan fingerprint density at radius 3 is 1.65 bits per heavy atom. The number of carboxylic acids is 1. The summed E-state index contributed by atoms with van der Waals surface area (Å²) in [6.45, 7) is 4.80. The summed E-state index contributed by atoms with van der Waals surface area (Å²) in [4.78, 5) is 37.1. The Morgan fingerprint density at radius 1 is 0.806 bits per heavy atom. The van der Waals surface area contributed by atoms with E-state index in [0.29, 0.717) is 24.1 Å². The number of nitrogens with zero attached hydrogens (tertiary/aromatic N) is 2. The maximum atomic E-state index is 11.8. The fraction of sp³-hybridized carbons (Fsp3) is 0.375. The van der Waals surface area contributed by atoms with Crippen molar-refractivity contribution in [2.45, 2.75) is 26.7 Å². The number of hydrogen-bond acceptors (Lipinski definition) is 4. The van der Waals surface area contributed by atoms with Crippen molar-refractivity contribution in [3.63, 3.8) is 0 Å². The van der Waals surface area contributed by atoms with E-state index in [9.17, 15) is 14.4 Å². The fourth-order valence-electron chi connectivity index (χ4n) is 2.77. The number of carboxylic acid groups (broad SMARTS) is 1. The smallest absolute Gasteiger partial charge is 0.305 e. The lowest BCUT2D eigenvalue weighted by Gasteiger charge is -2.16. The molecule has 2 N–H and O–H groups in total. The summed E-state index contributed by atoms with van der Waals surface area (Å²) in [7, 11) is 3.36. The Bertz CT molecular complexity index is 882. The monoisotopic (exact) mass is 428 g/mol. The van der Waals surface area contributed by atoms with Crippen LogP contribution in [0.15, 0.2) is 48.5 Å². The molecule has 0 aromatic heterocycles. The molecule has 2 rings (SSSR count). The van der Waals surface area contributed by atoms with Crippen LogP contribution >= 0.6 is 0 Å². The van der Waals surface area contributed by atoms with Gasteiger partial charge in [-0.2, -0.15) is 0 Å². The Hall–Kier alpha value is -3.19. The van der Waals surface area contributed by atoms with Gasteiger partial charge in [0.2, 0.25) is 0 Å². The molecule has 0 spiro atoms. The Kier molecular flexibility index (Phi) is 11.0. The van der Waals surface area contributed by atoms with Gasteiger partial charge in [-0.3, -0.25) is 14.4 Å². The fourth-order valence-corrected chi connectivity index (χ4v) is 2.77. The van der Waals surface area contributed by atoms with Crippen LogP contribution in [0.4, 0.5) is 0 Å². The molecule has 0 saturated carbocycles. The number of aryl methyl sites for hydroxylation is 2. The standard InChI is InChI=1S/C12H15NO3.C12H17NO2/c1-9-4-3-5-10(8-9)12(16)13(2)7-6-11(14)15;1-10-5-3-6-11(9-10)12(15)13(2)7-4-8-14/h3-5,8H,6-7H2,1-2H3,(H,14,15);3,5-6,9,14H,4,7-8H2,1-2H3. The molecule has 7 heteroatoms. The zero-order chi connectivity index (χ0) is 23.4. The molecular weight excluding hydrogens is 396 g/mol. The normalized spacial score (nSPS) is 9.97. The van der Waals surface area contributed by atoms with Crippen LogP contribution < -0.4 is 0 Å². The summed E-state index contributed by atoms with van der Waals surface area (Å²) in [5.74, 6) is -1.04. The lowest BCUT2D eigenvalue weighted by molar-refractivity contribution is -0.137. The van der Waals surface area contributed by atoms with E-state index in [4.69, 9.17) is 10.2 Å². The molecule has 31 heavy (non-hydrogen) atoms. The van der Waals surface area contributed by atoms with Crippen LogP contribution in [0.3, 0.4) is 0 Å². The molecule has 0 aliphatic carbocycles. The van der Waals surface area contributed by atoms with Crippen LogP contribution in [0.25, 0.3) is 0 Å². The van der Waals surface area contributed by atoms with Crippen molar-refractivity contribution in [1.82, 2.24) is 9.80 Å². The van der Waals surface area contributed by atoms with E-state index < -0.39 is 5.97 Å². The number of carbonyl (C=O) groups excluding carboxylic acids is 2. The quantitative estimate of drug-likeness (QED) is 0.674. The molecule has 0 radical (unpaired) electrons. The summed E-state index contributed by atoms with van der Waals surface area (Å²) in [5, 5.41) is 17.2. The SMILES string of the molecule is Cc1cccc(C(=O)N(C)CCC(=O)O)c1.Cc1cccc(C(=O)N(C)CCCO)c1. The molecule has 2 amide bonds. The number of rotatable bonds is 8. The summed E-state index contributed by atoms with van der Waals surface area (Å²) in [6, 6.07) is 14.8. The van der Waals surface area contributed by atoms with E-state index in [0.717, 1.165) is 11.1 Å². The van der Waals surface area contributed by atoms with Crippen LogP contribution in [0, 0.1) is 13.8 Å². The second-order valence-electron chi connectivity index (χ2n) is 7.41. The molecule has 168 valence electrons. The van der Waals surface area contributed by atoms with E-state index in [2.05, 4.69) is 0 Å². The third-order valence-electron chi connectivity index (χ3n) is 4.54. The second kappa shape index (κ2) is 13.2. The van der Waals surface area contributed by atoms with Gasteiger partial charge in [0.25, 0.3) is 11.8 Å². The van der Waals surface area contributed by atoms with Gasteiger partial charge in [0.05, 0.1) is 6.42 Å². The number of amides is 2. The first kappa shape index (κ1) is 25.8. The van der Waals surface area contributed by atoms with Crippen molar-refractivity contribution >= 4 is 17.8 Å². The van der Waals surface area contributed by atoms with E-state index in [1.165, 1.54) is 4.90 Å². The van der Waals surface area contributed by atoms with Gasteiger partial charge < -0.3 is 20.0 Å². The zero-order valence-corrected chi connectivity index (χ0v) is 18.7. The van der Waals surface area contributed by atoms with Crippen LogP contribution in [-0.4, -0.2) is 71.6 Å². The molecule has 0 aliphatic rings. The minimum Gasteiger partial charge on any atom is -0.481 e. The van der Waals surface area contributed by atoms with E-state index in [-0.39, 0.29) is 31.4 Å². The molecule has 0 saturated heterocycles. The van der Waals surface area contributed by atoms with Gasteiger partial charge in [-0.1, -0.05) is 35.4 Å². The van der Waals surface area contributed by atoms with Crippen LogP contribution in [0.2, 0.25) is 0 Å². The maximum Gasteiger partial charge on any atom is 0.305 e. The number of aliphatic hydroxyl groups excluding tert-OH is 1. The molecule has 0 unspecified atom stereocenters. The molecule has 0 heterocycles. The molecule has 2 aromatic rings. The van der Waals surface area contributed by atoms with Gasteiger partial charge >= 0.3 is 5.97 Å². The highest BCUT2D eigenvalue weighted by atomic mass is 16.4. The molecule has 0 aliphatic heterocycles. The number of benzene rings is 2. The average Bonchev–Trinajstić information content (AvgIpc) is 2.75. The third-order valence-corrected chi connectivity index (χ3v) is 4.54. The molecular formula is C24H32N2O5. The number of hydrogen-bond donors (Lipinski definition) is 2. The highest BCUT2D eigenvalue weighted by Crippen LogP contribution is 2.08. The predicted molar refractivity (Wildman–Crippen MR) is 120 cm³/mol. The van der Waals surface area contributed by atoms with Gasteiger partial charge in [0.1, 0.15) is 0 Å². The van der Waals surface area contributed by atoms with E-state index in [1.54, 1.807) is 31.1 Å². The summed E-state index contributed by atoms with van der Waals surface area (Å²) in [6.07, 6.45) is 0.585. The second-order valence-corrected chi connectivity index (χ2v) is 7.41. The summed E-state index contributed by atoms with van der Waals surface area (Å²) >= 11 is 0. The van der Waals surface area contributed by atoms with Crippen molar-refractivity contribution < 1.29 is 24.6 Å². The minimum atomic E-state index is -0.899. The molecule has 0 bridgehead atoms. The lowest BCUT2D eigenvalue weighted by Crippen LogP contribution is -2.29. The van der Waals surface area contributed by atoms with Crippen LogP contribution in [0.1, 0.15) is 44.7 Å². The average molecular weight is 429 g/mol. The first-order valence-electron chi connectivity index (χ1n) is 10.1. The van der Waals surface area contributed by atoms with Crippen LogP contribution in [0.5, 0.6) is 0 Å². The van der Waals surface area contributed by atoms with Gasteiger partial charge in [-0.25, -0.2) is 0 Å². The van der Waals surface area contributed by atoms with Gasteiger partial charge in [0.15, 0.2) is 0 Å². The summed E-state index contributed by atoms with van der Waals surface area (Å²) in [5.41, 5.74) is 3.39. The number of aliphatic carboxylic acids is 1. The minimum absolute atomic E-state index is 0.00662. The molecule has 7 nitrogen and oxygen atoms in total. The Labute approximate surface area is 183 Å². The maximum absolute atomic E-state index is 11.8. The van der Waals surface area contributed by atoms with Crippen molar-refractivity contribution in [3.05, 3.63) is 70.8 Å². The Morgan fingerprint density at radius 2 is 1.26 bits per heavy atom. The van der Waals surface area contributed by atoms with E-state index >= 15 is 0 Å². The molecule has 0 atom stereocenters. The van der Waals surface area contributed by atoms with Crippen molar-refractivity contribution in [3.8, 4) is 0 Å². The van der Waals surface area contributed by atoms with Crippen molar-refractivity contribution in [1.29, 1.82) is 0 Å². The van der Waals surface area contributed by atoms with Crippen LogP contribution in [-0.2, 0) is 4.79 Å².